The Morgan fingerprint density at radius 1 is 1.12 bits per heavy atom. The van der Waals surface area contributed by atoms with E-state index in [1.807, 2.05) is 51.1 Å². The summed E-state index contributed by atoms with van der Waals surface area (Å²) in [4.78, 5) is 12.8. The van der Waals surface area contributed by atoms with Gasteiger partial charge in [0.1, 0.15) is 11.6 Å². The molecule has 1 aromatic heterocycles. The molecule has 0 radical (unpaired) electrons. The summed E-state index contributed by atoms with van der Waals surface area (Å²) in [5, 5.41) is 19.5. The molecule has 3 aromatic rings. The summed E-state index contributed by atoms with van der Waals surface area (Å²) in [5.74, 6) is 0.720. The molecule has 7 nitrogen and oxygen atoms in total. The Balaban J connectivity index is 1.86. The van der Waals surface area contributed by atoms with Crippen molar-refractivity contribution in [1.82, 2.24) is 15.5 Å². The number of carbonyl (C=O) groups excluding carboxylic acids is 1. The molecule has 1 heterocycles. The number of nitriles is 1. The van der Waals surface area contributed by atoms with Crippen molar-refractivity contribution >= 4 is 12.0 Å². The number of amides is 1. The molecule has 0 aliphatic heterocycles. The third kappa shape index (κ3) is 4.81. The molecule has 0 spiro atoms. The monoisotopic (exact) mass is 430 g/mol. The summed E-state index contributed by atoms with van der Waals surface area (Å²) in [6.07, 6.45) is 3.10. The van der Waals surface area contributed by atoms with Crippen LogP contribution in [0.4, 0.5) is 0 Å². The smallest absolute Gasteiger partial charge is 0.262 e. The molecule has 2 N–H and O–H groups in total. The largest absolute Gasteiger partial charge is 0.493 e. The van der Waals surface area contributed by atoms with Gasteiger partial charge in [0.2, 0.25) is 0 Å². The van der Waals surface area contributed by atoms with Crippen molar-refractivity contribution in [1.29, 1.82) is 5.26 Å². The Morgan fingerprint density at radius 3 is 2.53 bits per heavy atom. The van der Waals surface area contributed by atoms with Crippen LogP contribution in [0, 0.1) is 25.2 Å². The highest BCUT2D eigenvalue weighted by Gasteiger charge is 2.17. The molecule has 164 valence electrons. The van der Waals surface area contributed by atoms with Gasteiger partial charge in [-0.15, -0.1) is 0 Å². The van der Waals surface area contributed by atoms with Crippen molar-refractivity contribution in [2.75, 3.05) is 14.2 Å². The van der Waals surface area contributed by atoms with Gasteiger partial charge in [0, 0.05) is 11.1 Å². The Kier molecular flexibility index (Phi) is 6.96. The minimum Gasteiger partial charge on any atom is -0.493 e. The van der Waals surface area contributed by atoms with Gasteiger partial charge in [-0.2, -0.15) is 10.4 Å². The van der Waals surface area contributed by atoms with Crippen LogP contribution in [0.3, 0.4) is 0 Å². The summed E-state index contributed by atoms with van der Waals surface area (Å²) in [5.41, 5.74) is 5.37. The number of aromatic nitrogens is 2. The lowest BCUT2D eigenvalue weighted by Crippen LogP contribution is -2.27. The number of benzene rings is 2. The first-order valence-corrected chi connectivity index (χ1v) is 10.1. The number of nitrogens with one attached hydrogen (secondary N) is 2. The molecule has 0 unspecified atom stereocenters. The van der Waals surface area contributed by atoms with Crippen LogP contribution < -0.4 is 14.8 Å². The van der Waals surface area contributed by atoms with Gasteiger partial charge in [0.15, 0.2) is 11.5 Å². The minimum absolute atomic E-state index is 0.0104. The van der Waals surface area contributed by atoms with Crippen LogP contribution in [0.2, 0.25) is 0 Å². The van der Waals surface area contributed by atoms with Crippen LogP contribution in [0.1, 0.15) is 35.2 Å². The van der Waals surface area contributed by atoms with Crippen LogP contribution >= 0.6 is 0 Å². The van der Waals surface area contributed by atoms with Gasteiger partial charge < -0.3 is 14.8 Å². The Hall–Kier alpha value is -4.05. The number of carbonyl (C=O) groups is 1. The number of nitrogens with zero attached hydrogens (tertiary/aromatic N) is 2. The summed E-state index contributed by atoms with van der Waals surface area (Å²) in [7, 11) is 3.13. The number of hydrogen-bond donors (Lipinski definition) is 2. The molecule has 1 atom stereocenters. The number of methoxy groups -OCH3 is 2. The van der Waals surface area contributed by atoms with Crippen molar-refractivity contribution in [3.05, 3.63) is 70.4 Å². The van der Waals surface area contributed by atoms with E-state index in [0.717, 1.165) is 16.7 Å². The van der Waals surface area contributed by atoms with Gasteiger partial charge in [-0.25, -0.2) is 0 Å². The highest BCUT2D eigenvalue weighted by atomic mass is 16.5. The molecule has 0 saturated carbocycles. The third-order valence-electron chi connectivity index (χ3n) is 5.38. The van der Waals surface area contributed by atoms with Gasteiger partial charge in [-0.3, -0.25) is 9.89 Å². The van der Waals surface area contributed by atoms with Gasteiger partial charge >= 0.3 is 0 Å². The molecular weight excluding hydrogens is 404 g/mol. The molecule has 0 fully saturated rings. The summed E-state index contributed by atoms with van der Waals surface area (Å²) < 4.78 is 10.6. The van der Waals surface area contributed by atoms with Crippen LogP contribution in [0.15, 0.2) is 48.2 Å². The van der Waals surface area contributed by atoms with Crippen LogP contribution in [-0.2, 0) is 4.79 Å². The predicted octanol–water partition coefficient (Wildman–Crippen LogP) is 4.50. The van der Waals surface area contributed by atoms with Gasteiger partial charge in [0.05, 0.1) is 32.2 Å². The highest BCUT2D eigenvalue weighted by molar-refractivity contribution is 6.02. The van der Waals surface area contributed by atoms with Crippen molar-refractivity contribution in [3.63, 3.8) is 0 Å². The number of rotatable bonds is 7. The summed E-state index contributed by atoms with van der Waals surface area (Å²) in [6, 6.07) is 13.2. The van der Waals surface area contributed by atoms with E-state index in [1.54, 1.807) is 32.5 Å². The average molecular weight is 431 g/mol. The van der Waals surface area contributed by atoms with Gasteiger partial charge in [-0.1, -0.05) is 18.2 Å². The Labute approximate surface area is 187 Å². The van der Waals surface area contributed by atoms with Crippen molar-refractivity contribution < 1.29 is 14.3 Å². The zero-order valence-electron chi connectivity index (χ0n) is 18.8. The second-order valence-corrected chi connectivity index (χ2v) is 7.48. The fraction of sp³-hybridized carbons (Fsp3) is 0.240. The average Bonchev–Trinajstić information content (AvgIpc) is 3.26. The maximum atomic E-state index is 12.8. The van der Waals surface area contributed by atoms with Crippen molar-refractivity contribution in [2.45, 2.75) is 26.8 Å². The molecule has 0 aliphatic carbocycles. The Morgan fingerprint density at radius 2 is 1.88 bits per heavy atom. The molecular formula is C25H26N4O3. The van der Waals surface area contributed by atoms with E-state index in [9.17, 15) is 10.1 Å². The summed E-state index contributed by atoms with van der Waals surface area (Å²) in [6.45, 7) is 5.96. The first-order chi connectivity index (χ1) is 15.4. The molecule has 0 saturated heterocycles. The first kappa shape index (κ1) is 22.6. The van der Waals surface area contributed by atoms with Gasteiger partial charge in [0.25, 0.3) is 5.91 Å². The molecule has 2 aromatic carbocycles. The molecule has 0 aliphatic rings. The normalized spacial score (nSPS) is 12.1. The molecule has 7 heteroatoms. The van der Waals surface area contributed by atoms with Crippen LogP contribution in [-0.4, -0.2) is 30.3 Å². The number of aromatic amines is 1. The standard InChI is InChI=1S/C25H26N4O3/c1-15-6-7-18(10-16(15)2)17(3)28-25(30)20(13-26)11-21-14-27-29-24(21)19-8-9-22(31-4)23(12-19)32-5/h6-12,14,17H,1-5H3,(H,27,29)(H,28,30)/b20-11+/t17-/m1/s1. The SMILES string of the molecule is COc1ccc(-c2[nH]ncc2/C=C(\C#N)C(=O)N[C@H](C)c2ccc(C)c(C)c2)cc1OC. The van der Waals surface area contributed by atoms with Crippen LogP contribution in [0.5, 0.6) is 11.5 Å². The van der Waals surface area contributed by atoms with Gasteiger partial charge in [-0.05, 0) is 61.7 Å². The zero-order chi connectivity index (χ0) is 23.3. The lowest BCUT2D eigenvalue weighted by atomic mass is 10.0. The first-order valence-electron chi connectivity index (χ1n) is 10.1. The topological polar surface area (TPSA) is 100 Å². The molecule has 3 rings (SSSR count). The minimum atomic E-state index is -0.447. The number of ether oxygens (including phenoxy) is 2. The van der Waals surface area contributed by atoms with E-state index in [4.69, 9.17) is 9.47 Å². The van der Waals surface area contributed by atoms with Crippen LogP contribution in [0.25, 0.3) is 17.3 Å². The van der Waals surface area contributed by atoms with E-state index < -0.39 is 5.91 Å². The van der Waals surface area contributed by atoms with E-state index in [-0.39, 0.29) is 11.6 Å². The third-order valence-corrected chi connectivity index (χ3v) is 5.38. The lowest BCUT2D eigenvalue weighted by Gasteiger charge is -2.15. The Bertz CT molecular complexity index is 1200. The van der Waals surface area contributed by atoms with E-state index in [2.05, 4.69) is 15.5 Å². The number of H-pyrrole nitrogens is 1. The summed E-state index contributed by atoms with van der Waals surface area (Å²) >= 11 is 0. The lowest BCUT2D eigenvalue weighted by molar-refractivity contribution is -0.117. The quantitative estimate of drug-likeness (QED) is 0.425. The second kappa shape index (κ2) is 9.84. The fourth-order valence-corrected chi connectivity index (χ4v) is 3.32. The van der Waals surface area contributed by atoms with E-state index in [0.29, 0.717) is 22.8 Å². The van der Waals surface area contributed by atoms with E-state index in [1.165, 1.54) is 11.6 Å². The van der Waals surface area contributed by atoms with E-state index >= 15 is 0 Å². The molecule has 0 bridgehead atoms. The maximum absolute atomic E-state index is 12.8. The molecule has 1 amide bonds. The second-order valence-electron chi connectivity index (χ2n) is 7.48. The maximum Gasteiger partial charge on any atom is 0.262 e. The number of hydrogen-bond acceptors (Lipinski definition) is 5. The number of aryl methyl sites for hydroxylation is 2. The van der Waals surface area contributed by atoms with Crippen molar-refractivity contribution in [2.24, 2.45) is 0 Å². The zero-order valence-corrected chi connectivity index (χ0v) is 18.8. The predicted molar refractivity (Wildman–Crippen MR) is 123 cm³/mol. The molecule has 32 heavy (non-hydrogen) atoms. The fourth-order valence-electron chi connectivity index (χ4n) is 3.32. The highest BCUT2D eigenvalue weighted by Crippen LogP contribution is 2.33. The van der Waals surface area contributed by atoms with Crippen molar-refractivity contribution in [3.8, 4) is 28.8 Å².